The third-order valence-electron chi connectivity index (χ3n) is 3.16. The quantitative estimate of drug-likeness (QED) is 0.876. The zero-order valence-electron chi connectivity index (χ0n) is 12.7. The van der Waals surface area contributed by atoms with E-state index < -0.39 is 0 Å². The van der Waals surface area contributed by atoms with Crippen molar-refractivity contribution in [1.29, 1.82) is 0 Å². The minimum atomic E-state index is 0.0702. The Labute approximate surface area is 125 Å². The largest absolute Gasteiger partial charge is 0.495 e. The number of ether oxygens (including phenoxy) is 1. The second-order valence-corrected chi connectivity index (χ2v) is 4.89. The molecule has 4 nitrogen and oxygen atoms in total. The van der Waals surface area contributed by atoms with Crippen molar-refractivity contribution >= 4 is 0 Å². The van der Waals surface area contributed by atoms with Gasteiger partial charge in [-0.3, -0.25) is 4.68 Å². The van der Waals surface area contributed by atoms with Crippen LogP contribution in [0.5, 0.6) is 5.75 Å². The Morgan fingerprint density at radius 2 is 2.10 bits per heavy atom. The van der Waals surface area contributed by atoms with Gasteiger partial charge in [0.2, 0.25) is 0 Å². The first kappa shape index (κ1) is 15.1. The van der Waals surface area contributed by atoms with Crippen molar-refractivity contribution in [3.63, 3.8) is 0 Å². The van der Waals surface area contributed by atoms with Crippen LogP contribution >= 0.6 is 0 Å². The number of nitrogens with zero attached hydrogens (tertiary/aromatic N) is 2. The van der Waals surface area contributed by atoms with Gasteiger partial charge in [-0.25, -0.2) is 0 Å². The third-order valence-corrected chi connectivity index (χ3v) is 3.16. The van der Waals surface area contributed by atoms with Crippen LogP contribution < -0.4 is 4.74 Å². The van der Waals surface area contributed by atoms with E-state index >= 15 is 0 Å². The zero-order valence-corrected chi connectivity index (χ0v) is 12.7. The van der Waals surface area contributed by atoms with E-state index in [1.54, 1.807) is 7.11 Å². The molecular weight excluding hydrogens is 264 g/mol. The number of rotatable bonds is 4. The standard InChI is InChI=1S/C17H20N2O2/c1-13-10-14(2)19(18-13)12-15-7-8-17(21-3)16(11-15)6-4-5-9-20/h7-8,10-11,20H,5,9,12H2,1-3H3. The van der Waals surface area contributed by atoms with Crippen molar-refractivity contribution in [2.75, 3.05) is 13.7 Å². The van der Waals surface area contributed by atoms with Crippen LogP contribution in [-0.2, 0) is 6.54 Å². The van der Waals surface area contributed by atoms with E-state index in [0.29, 0.717) is 13.0 Å². The molecule has 0 saturated heterocycles. The van der Waals surface area contributed by atoms with E-state index in [0.717, 1.165) is 28.3 Å². The molecule has 0 saturated carbocycles. The molecule has 0 spiro atoms. The van der Waals surface area contributed by atoms with Crippen LogP contribution in [0.4, 0.5) is 0 Å². The Bertz CT molecular complexity index is 678. The van der Waals surface area contributed by atoms with Crippen LogP contribution in [0.1, 0.15) is 28.9 Å². The van der Waals surface area contributed by atoms with Crippen LogP contribution in [-0.4, -0.2) is 28.6 Å². The van der Waals surface area contributed by atoms with E-state index in [4.69, 9.17) is 9.84 Å². The van der Waals surface area contributed by atoms with Gasteiger partial charge in [0.15, 0.2) is 0 Å². The number of aliphatic hydroxyl groups is 1. The van der Waals surface area contributed by atoms with Gasteiger partial charge < -0.3 is 9.84 Å². The molecule has 0 radical (unpaired) electrons. The molecule has 1 aromatic carbocycles. The molecule has 0 amide bonds. The van der Waals surface area contributed by atoms with Crippen molar-refractivity contribution in [2.24, 2.45) is 0 Å². The lowest BCUT2D eigenvalue weighted by Gasteiger charge is -2.08. The minimum absolute atomic E-state index is 0.0702. The Hall–Kier alpha value is -2.25. The molecule has 0 aliphatic carbocycles. The van der Waals surface area contributed by atoms with E-state index in [1.165, 1.54) is 0 Å². The molecule has 0 aliphatic rings. The Kier molecular flexibility index (Phi) is 5.02. The average Bonchev–Trinajstić information content (AvgIpc) is 2.77. The first-order valence-corrected chi connectivity index (χ1v) is 6.91. The maximum Gasteiger partial charge on any atom is 0.134 e. The summed E-state index contributed by atoms with van der Waals surface area (Å²) in [6, 6.07) is 8.02. The Balaban J connectivity index is 2.27. The summed E-state index contributed by atoms with van der Waals surface area (Å²) in [5.41, 5.74) is 4.11. The van der Waals surface area contributed by atoms with Crippen molar-refractivity contribution in [3.05, 3.63) is 46.8 Å². The molecule has 0 fully saturated rings. The molecule has 0 unspecified atom stereocenters. The number of aromatic nitrogens is 2. The van der Waals surface area contributed by atoms with E-state index in [-0.39, 0.29) is 6.61 Å². The summed E-state index contributed by atoms with van der Waals surface area (Å²) >= 11 is 0. The lowest BCUT2D eigenvalue weighted by Crippen LogP contribution is -2.04. The maximum absolute atomic E-state index is 8.81. The van der Waals surface area contributed by atoms with Gasteiger partial charge in [0.25, 0.3) is 0 Å². The first-order chi connectivity index (χ1) is 10.1. The summed E-state index contributed by atoms with van der Waals surface area (Å²) in [6.07, 6.45) is 0.463. The van der Waals surface area contributed by atoms with Crippen LogP contribution in [0.25, 0.3) is 0 Å². The summed E-state index contributed by atoms with van der Waals surface area (Å²) in [6.45, 7) is 4.81. The van der Waals surface area contributed by atoms with Crippen LogP contribution in [0.15, 0.2) is 24.3 Å². The number of hydrogen-bond donors (Lipinski definition) is 1. The lowest BCUT2D eigenvalue weighted by molar-refractivity contribution is 0.305. The summed E-state index contributed by atoms with van der Waals surface area (Å²) in [5, 5.41) is 13.3. The zero-order chi connectivity index (χ0) is 15.2. The Morgan fingerprint density at radius 1 is 1.29 bits per heavy atom. The molecule has 1 N–H and O–H groups in total. The predicted molar refractivity (Wildman–Crippen MR) is 82.4 cm³/mol. The lowest BCUT2D eigenvalue weighted by atomic mass is 10.1. The molecule has 0 aliphatic heterocycles. The van der Waals surface area contributed by atoms with Crippen LogP contribution in [0, 0.1) is 25.7 Å². The molecule has 110 valence electrons. The van der Waals surface area contributed by atoms with E-state index in [1.807, 2.05) is 36.7 Å². The van der Waals surface area contributed by atoms with Crippen LogP contribution in [0.3, 0.4) is 0 Å². The fourth-order valence-corrected chi connectivity index (χ4v) is 2.17. The highest BCUT2D eigenvalue weighted by atomic mass is 16.5. The monoisotopic (exact) mass is 284 g/mol. The smallest absolute Gasteiger partial charge is 0.134 e. The summed E-state index contributed by atoms with van der Waals surface area (Å²) < 4.78 is 7.30. The topological polar surface area (TPSA) is 47.3 Å². The number of hydrogen-bond acceptors (Lipinski definition) is 3. The average molecular weight is 284 g/mol. The van der Waals surface area contributed by atoms with Gasteiger partial charge in [-0.1, -0.05) is 17.9 Å². The highest BCUT2D eigenvalue weighted by Gasteiger charge is 2.05. The molecule has 2 aromatic rings. The normalized spacial score (nSPS) is 10.1. The maximum atomic E-state index is 8.81. The molecule has 1 heterocycles. The number of benzene rings is 1. The molecule has 2 rings (SSSR count). The molecule has 4 heteroatoms. The van der Waals surface area contributed by atoms with E-state index in [2.05, 4.69) is 23.0 Å². The fraction of sp³-hybridized carbons (Fsp3) is 0.353. The van der Waals surface area contributed by atoms with Gasteiger partial charge in [0.1, 0.15) is 5.75 Å². The van der Waals surface area contributed by atoms with Crippen molar-refractivity contribution in [3.8, 4) is 17.6 Å². The number of methoxy groups -OCH3 is 1. The van der Waals surface area contributed by atoms with Crippen molar-refractivity contribution in [2.45, 2.75) is 26.8 Å². The summed E-state index contributed by atoms with van der Waals surface area (Å²) in [5.74, 6) is 6.72. The van der Waals surface area contributed by atoms with Gasteiger partial charge in [0, 0.05) is 12.1 Å². The second kappa shape index (κ2) is 6.96. The van der Waals surface area contributed by atoms with Crippen molar-refractivity contribution < 1.29 is 9.84 Å². The number of aliphatic hydroxyl groups excluding tert-OH is 1. The SMILES string of the molecule is COc1ccc(Cn2nc(C)cc2C)cc1C#CCCO. The van der Waals surface area contributed by atoms with Gasteiger partial charge in [-0.2, -0.15) is 5.10 Å². The third kappa shape index (κ3) is 3.87. The Morgan fingerprint density at radius 3 is 2.71 bits per heavy atom. The van der Waals surface area contributed by atoms with Gasteiger partial charge >= 0.3 is 0 Å². The summed E-state index contributed by atoms with van der Waals surface area (Å²) in [7, 11) is 1.63. The first-order valence-electron chi connectivity index (χ1n) is 6.91. The minimum Gasteiger partial charge on any atom is -0.495 e. The number of aryl methyl sites for hydroxylation is 2. The molecule has 21 heavy (non-hydrogen) atoms. The molecule has 0 bridgehead atoms. The van der Waals surface area contributed by atoms with Crippen molar-refractivity contribution in [1.82, 2.24) is 9.78 Å². The summed E-state index contributed by atoms with van der Waals surface area (Å²) in [4.78, 5) is 0. The highest BCUT2D eigenvalue weighted by molar-refractivity contribution is 5.48. The van der Waals surface area contributed by atoms with Crippen LogP contribution in [0.2, 0.25) is 0 Å². The fourth-order valence-electron chi connectivity index (χ4n) is 2.17. The van der Waals surface area contributed by atoms with Gasteiger partial charge in [-0.15, -0.1) is 0 Å². The predicted octanol–water partition coefficient (Wildman–Crippen LogP) is 2.29. The van der Waals surface area contributed by atoms with Gasteiger partial charge in [-0.05, 0) is 37.6 Å². The van der Waals surface area contributed by atoms with E-state index in [9.17, 15) is 0 Å². The highest BCUT2D eigenvalue weighted by Crippen LogP contribution is 2.20. The molecule has 0 atom stereocenters. The second-order valence-electron chi connectivity index (χ2n) is 4.89. The molecule has 1 aromatic heterocycles. The van der Waals surface area contributed by atoms with Gasteiger partial charge in [0.05, 0.1) is 31.5 Å². The molecular formula is C17H20N2O2.